The summed E-state index contributed by atoms with van der Waals surface area (Å²) in [6.45, 7) is 2.13. The molecule has 3 rings (SSSR count). The minimum atomic E-state index is -2.85. The van der Waals surface area contributed by atoms with Gasteiger partial charge in [0.1, 0.15) is 0 Å². The highest BCUT2D eigenvalue weighted by atomic mass is 32.2. The van der Waals surface area contributed by atoms with Crippen LogP contribution in [0.25, 0.3) is 0 Å². The molecule has 2 heterocycles. The molecule has 0 aromatic rings. The average molecular weight is 315 g/mol. The smallest absolute Gasteiger partial charge is 0.303 e. The van der Waals surface area contributed by atoms with E-state index in [1.807, 2.05) is 0 Å². The summed E-state index contributed by atoms with van der Waals surface area (Å²) in [5.74, 6) is -0.101. The minimum absolute atomic E-state index is 0.139. The fourth-order valence-electron chi connectivity index (χ4n) is 4.64. The Morgan fingerprint density at radius 2 is 1.76 bits per heavy atom. The number of hydrogen-bond donors (Lipinski definition) is 2. The van der Waals surface area contributed by atoms with Gasteiger partial charge in [-0.1, -0.05) is 6.92 Å². The average Bonchev–Trinajstić information content (AvgIpc) is 2.76. The fourth-order valence-corrected chi connectivity index (χ4v) is 7.12. The lowest BCUT2D eigenvalue weighted by Gasteiger charge is -2.32. The normalized spacial score (nSPS) is 44.8. The van der Waals surface area contributed by atoms with E-state index in [0.29, 0.717) is 18.0 Å². The Morgan fingerprint density at radius 3 is 2.33 bits per heavy atom. The highest BCUT2D eigenvalue weighted by Crippen LogP contribution is 2.40. The first kappa shape index (κ1) is 15.3. The van der Waals surface area contributed by atoms with Gasteiger partial charge < -0.3 is 10.4 Å². The van der Waals surface area contributed by atoms with Gasteiger partial charge in [0.05, 0.1) is 10.5 Å². The second-order valence-electron chi connectivity index (χ2n) is 7.15. The predicted octanol–water partition coefficient (Wildman–Crippen LogP) is 1.57. The van der Waals surface area contributed by atoms with E-state index >= 15 is 0 Å². The largest absolute Gasteiger partial charge is 0.481 e. The third-order valence-corrected chi connectivity index (χ3v) is 8.66. The van der Waals surface area contributed by atoms with E-state index in [1.54, 1.807) is 0 Å². The molecule has 5 unspecified atom stereocenters. The molecule has 0 amide bonds. The molecule has 1 saturated carbocycles. The zero-order valence-corrected chi connectivity index (χ0v) is 13.3. The summed E-state index contributed by atoms with van der Waals surface area (Å²) in [5.41, 5.74) is 0. The van der Waals surface area contributed by atoms with E-state index in [4.69, 9.17) is 5.11 Å². The van der Waals surface area contributed by atoms with Crippen LogP contribution in [0, 0.1) is 11.8 Å². The summed E-state index contributed by atoms with van der Waals surface area (Å²) >= 11 is 0. The molecule has 0 spiro atoms. The lowest BCUT2D eigenvalue weighted by atomic mass is 9.92. The number of nitrogens with one attached hydrogen (secondary N) is 1. The molecule has 2 saturated heterocycles. The van der Waals surface area contributed by atoms with Crippen molar-refractivity contribution in [2.45, 2.75) is 74.5 Å². The van der Waals surface area contributed by atoms with Crippen molar-refractivity contribution in [1.82, 2.24) is 5.32 Å². The minimum Gasteiger partial charge on any atom is -0.481 e. The van der Waals surface area contributed by atoms with Crippen molar-refractivity contribution in [3.05, 3.63) is 0 Å². The molecule has 2 bridgehead atoms. The second-order valence-corrected chi connectivity index (χ2v) is 9.66. The van der Waals surface area contributed by atoms with Crippen LogP contribution in [0.3, 0.4) is 0 Å². The molecule has 21 heavy (non-hydrogen) atoms. The Kier molecular flexibility index (Phi) is 4.03. The van der Waals surface area contributed by atoms with E-state index in [2.05, 4.69) is 12.2 Å². The zero-order chi connectivity index (χ0) is 15.2. The predicted molar refractivity (Wildman–Crippen MR) is 79.8 cm³/mol. The first-order valence-corrected chi connectivity index (χ1v) is 9.69. The summed E-state index contributed by atoms with van der Waals surface area (Å²) in [6.07, 6.45) is 5.36. The van der Waals surface area contributed by atoms with Crippen molar-refractivity contribution in [1.29, 1.82) is 0 Å². The van der Waals surface area contributed by atoms with Gasteiger partial charge >= 0.3 is 5.97 Å². The van der Waals surface area contributed by atoms with E-state index in [0.717, 1.165) is 38.5 Å². The SMILES string of the molecule is CC1C(CC(=O)O)CCC1NC1CC2CCC(C1)S2(=O)=O. The van der Waals surface area contributed by atoms with E-state index in [9.17, 15) is 13.2 Å². The Labute approximate surface area is 126 Å². The summed E-state index contributed by atoms with van der Waals surface area (Å²) in [4.78, 5) is 10.9. The number of aliphatic carboxylic acids is 1. The number of hydrogen-bond acceptors (Lipinski definition) is 4. The molecule has 3 fully saturated rings. The monoisotopic (exact) mass is 315 g/mol. The number of carboxylic acid groups (broad SMARTS) is 1. The number of rotatable bonds is 4. The first-order chi connectivity index (χ1) is 9.88. The Hall–Kier alpha value is -0.620. The van der Waals surface area contributed by atoms with Crippen LogP contribution in [-0.4, -0.2) is 42.1 Å². The number of carbonyl (C=O) groups is 1. The molecular formula is C15H25NO4S. The molecular weight excluding hydrogens is 290 g/mol. The maximum absolute atomic E-state index is 12.1. The summed E-state index contributed by atoms with van der Waals surface area (Å²) in [5, 5.41) is 12.3. The van der Waals surface area contributed by atoms with Crippen LogP contribution < -0.4 is 5.32 Å². The van der Waals surface area contributed by atoms with Crippen LogP contribution in [0.1, 0.15) is 51.9 Å². The van der Waals surface area contributed by atoms with Crippen LogP contribution in [0.2, 0.25) is 0 Å². The summed E-state index contributed by atoms with van der Waals surface area (Å²) < 4.78 is 24.2. The summed E-state index contributed by atoms with van der Waals surface area (Å²) in [7, 11) is -2.85. The molecule has 2 N–H and O–H groups in total. The summed E-state index contributed by atoms with van der Waals surface area (Å²) in [6, 6.07) is 0.640. The van der Waals surface area contributed by atoms with Crippen molar-refractivity contribution < 1.29 is 18.3 Å². The molecule has 6 heteroatoms. The van der Waals surface area contributed by atoms with Crippen LogP contribution in [0.15, 0.2) is 0 Å². The van der Waals surface area contributed by atoms with E-state index < -0.39 is 15.8 Å². The molecule has 5 nitrogen and oxygen atoms in total. The Bertz CT molecular complexity index is 498. The topological polar surface area (TPSA) is 83.5 Å². The fraction of sp³-hybridized carbons (Fsp3) is 0.933. The lowest BCUT2D eigenvalue weighted by molar-refractivity contribution is -0.138. The molecule has 3 aliphatic rings. The quantitative estimate of drug-likeness (QED) is 0.823. The second kappa shape index (κ2) is 5.54. The van der Waals surface area contributed by atoms with Crippen molar-refractivity contribution >= 4 is 15.8 Å². The van der Waals surface area contributed by atoms with Gasteiger partial charge in [0, 0.05) is 18.5 Å². The van der Waals surface area contributed by atoms with Gasteiger partial charge in [0.2, 0.25) is 0 Å². The van der Waals surface area contributed by atoms with Gasteiger partial charge in [0.25, 0.3) is 0 Å². The number of carboxylic acids is 1. The lowest BCUT2D eigenvalue weighted by Crippen LogP contribution is -2.47. The van der Waals surface area contributed by atoms with Gasteiger partial charge in [-0.15, -0.1) is 0 Å². The van der Waals surface area contributed by atoms with Gasteiger partial charge in [-0.05, 0) is 50.4 Å². The van der Waals surface area contributed by atoms with Crippen molar-refractivity contribution in [2.24, 2.45) is 11.8 Å². The molecule has 0 aromatic heterocycles. The van der Waals surface area contributed by atoms with Gasteiger partial charge in [-0.3, -0.25) is 4.79 Å². The maximum Gasteiger partial charge on any atom is 0.303 e. The molecule has 120 valence electrons. The molecule has 2 aliphatic heterocycles. The van der Waals surface area contributed by atoms with Crippen LogP contribution in [0.5, 0.6) is 0 Å². The number of sulfone groups is 1. The van der Waals surface area contributed by atoms with Crippen LogP contribution in [-0.2, 0) is 14.6 Å². The van der Waals surface area contributed by atoms with E-state index in [1.165, 1.54) is 0 Å². The van der Waals surface area contributed by atoms with Crippen molar-refractivity contribution in [2.75, 3.05) is 0 Å². The van der Waals surface area contributed by atoms with Crippen molar-refractivity contribution in [3.8, 4) is 0 Å². The first-order valence-electron chi connectivity index (χ1n) is 8.08. The van der Waals surface area contributed by atoms with Crippen molar-refractivity contribution in [3.63, 3.8) is 0 Å². The molecule has 5 atom stereocenters. The highest BCUT2D eigenvalue weighted by molar-refractivity contribution is 7.93. The number of fused-ring (bicyclic) bond motifs is 2. The Balaban J connectivity index is 1.58. The van der Waals surface area contributed by atoms with Crippen LogP contribution >= 0.6 is 0 Å². The Morgan fingerprint density at radius 1 is 1.14 bits per heavy atom. The van der Waals surface area contributed by atoms with Crippen LogP contribution in [0.4, 0.5) is 0 Å². The maximum atomic E-state index is 12.1. The van der Waals surface area contributed by atoms with E-state index in [-0.39, 0.29) is 22.8 Å². The third kappa shape index (κ3) is 2.84. The van der Waals surface area contributed by atoms with Gasteiger partial charge in [0.15, 0.2) is 9.84 Å². The zero-order valence-electron chi connectivity index (χ0n) is 12.5. The van der Waals surface area contributed by atoms with Gasteiger partial charge in [-0.25, -0.2) is 8.42 Å². The standard InChI is InChI=1S/C15H25NO4S/c1-9-10(6-15(17)18)2-5-14(9)16-11-7-12-3-4-13(8-11)21(12,19)20/h9-14,16H,2-8H2,1H3,(H,17,18). The molecule has 1 aliphatic carbocycles. The molecule has 0 aromatic carbocycles. The third-order valence-electron chi connectivity index (χ3n) is 5.95. The highest BCUT2D eigenvalue weighted by Gasteiger charge is 2.47. The molecule has 0 radical (unpaired) electrons. The van der Waals surface area contributed by atoms with Gasteiger partial charge in [-0.2, -0.15) is 0 Å².